The monoisotopic (exact) mass is 478 g/mol. The maximum atomic E-state index is 12.7. The van der Waals surface area contributed by atoms with Gasteiger partial charge in [-0.2, -0.15) is 0 Å². The van der Waals surface area contributed by atoms with Gasteiger partial charge in [0.2, 0.25) is 0 Å². The zero-order valence-corrected chi connectivity index (χ0v) is 19.3. The van der Waals surface area contributed by atoms with E-state index in [0.29, 0.717) is 32.9 Å². The summed E-state index contributed by atoms with van der Waals surface area (Å²) in [5.74, 6) is -0.918. The Labute approximate surface area is 207 Å². The second-order valence-corrected chi connectivity index (χ2v) is 8.30. The first-order chi connectivity index (χ1) is 17.1. The molecule has 6 heteroatoms. The van der Waals surface area contributed by atoms with Gasteiger partial charge < -0.3 is 4.74 Å². The number of hydrogen-bond donors (Lipinski definition) is 0. The van der Waals surface area contributed by atoms with E-state index in [2.05, 4.69) is 0 Å². The molecule has 5 aromatic rings. The van der Waals surface area contributed by atoms with Gasteiger partial charge in [-0.05, 0) is 42.5 Å². The quantitative estimate of drug-likeness (QED) is 0.202. The lowest BCUT2D eigenvalue weighted by atomic mass is 10.0. The maximum absolute atomic E-state index is 12.7. The van der Waals surface area contributed by atoms with Crippen molar-refractivity contribution >= 4 is 34.4 Å². The van der Waals surface area contributed by atoms with Crippen molar-refractivity contribution in [1.29, 1.82) is 0 Å². The second-order valence-electron chi connectivity index (χ2n) is 7.86. The number of esters is 1. The fourth-order valence-corrected chi connectivity index (χ4v) is 3.84. The summed E-state index contributed by atoms with van der Waals surface area (Å²) in [6, 6.07) is 31.1. The van der Waals surface area contributed by atoms with E-state index in [1.165, 1.54) is 0 Å². The summed E-state index contributed by atoms with van der Waals surface area (Å²) in [6.45, 7) is -0.369. The Kier molecular flexibility index (Phi) is 6.33. The van der Waals surface area contributed by atoms with Crippen LogP contribution in [0.4, 0.5) is 0 Å². The summed E-state index contributed by atoms with van der Waals surface area (Å²) in [5.41, 5.74) is 5.27. The lowest BCUT2D eigenvalue weighted by molar-refractivity contribution is 0.0475. The first-order valence-electron chi connectivity index (χ1n) is 11.0. The number of benzene rings is 4. The molecule has 0 saturated heterocycles. The molecule has 1 aromatic heterocycles. The van der Waals surface area contributed by atoms with Crippen LogP contribution in [0.5, 0.6) is 0 Å². The molecule has 0 fully saturated rings. The van der Waals surface area contributed by atoms with Crippen LogP contribution in [0.1, 0.15) is 20.7 Å². The molecule has 4 aromatic carbocycles. The van der Waals surface area contributed by atoms with Gasteiger partial charge in [-0.1, -0.05) is 72.3 Å². The average molecular weight is 479 g/mol. The highest BCUT2D eigenvalue weighted by molar-refractivity contribution is 6.30. The first-order valence-corrected chi connectivity index (χ1v) is 11.3. The lowest BCUT2D eigenvalue weighted by Crippen LogP contribution is -2.14. The van der Waals surface area contributed by atoms with Crippen molar-refractivity contribution in [2.75, 3.05) is 6.61 Å². The van der Waals surface area contributed by atoms with Crippen LogP contribution in [0.25, 0.3) is 33.5 Å². The molecule has 0 unspecified atom stereocenters. The average Bonchev–Trinajstić information content (AvgIpc) is 2.92. The number of ether oxygens (including phenoxy) is 1. The molecule has 0 saturated carbocycles. The van der Waals surface area contributed by atoms with E-state index in [-0.39, 0.29) is 12.4 Å². The number of ketones is 1. The number of hydrogen-bond acceptors (Lipinski definition) is 5. The molecule has 0 bridgehead atoms. The van der Waals surface area contributed by atoms with E-state index in [1.807, 2.05) is 60.7 Å². The Balaban J connectivity index is 1.46. The fraction of sp³-hybridized carbons (Fsp3) is 0.0345. The van der Waals surface area contributed by atoms with E-state index in [4.69, 9.17) is 26.3 Å². The number of carbonyl (C=O) groups excluding carboxylic acids is 2. The van der Waals surface area contributed by atoms with Gasteiger partial charge in [0, 0.05) is 21.7 Å². The van der Waals surface area contributed by atoms with E-state index in [1.54, 1.807) is 42.5 Å². The lowest BCUT2D eigenvalue weighted by Gasteiger charge is -2.11. The predicted octanol–water partition coefficient (Wildman–Crippen LogP) is 6.66. The van der Waals surface area contributed by atoms with Crippen LogP contribution in [0, 0.1) is 0 Å². The van der Waals surface area contributed by atoms with Crippen molar-refractivity contribution in [2.45, 2.75) is 0 Å². The van der Waals surface area contributed by atoms with Crippen LogP contribution in [-0.2, 0) is 4.74 Å². The van der Waals surface area contributed by atoms with Gasteiger partial charge >= 0.3 is 5.97 Å². The SMILES string of the molecule is O=C(COC(=O)c1ccc2nc(-c3ccccc3)c(-c3ccccc3)nc2c1)c1ccc(Cl)cc1. The molecule has 5 nitrogen and oxygen atoms in total. The van der Waals surface area contributed by atoms with Gasteiger partial charge in [-0.15, -0.1) is 0 Å². The van der Waals surface area contributed by atoms with Gasteiger partial charge in [-0.3, -0.25) is 4.79 Å². The molecule has 0 amide bonds. The minimum Gasteiger partial charge on any atom is -0.454 e. The molecule has 1 heterocycles. The van der Waals surface area contributed by atoms with Crippen molar-refractivity contribution < 1.29 is 14.3 Å². The first kappa shape index (κ1) is 22.4. The smallest absolute Gasteiger partial charge is 0.338 e. The summed E-state index contributed by atoms with van der Waals surface area (Å²) in [7, 11) is 0. The highest BCUT2D eigenvalue weighted by Gasteiger charge is 2.16. The standard InChI is InChI=1S/C29H19ClN2O3/c30-23-14-11-19(12-15-23)26(33)18-35-29(34)22-13-16-24-25(17-22)32-28(21-9-5-2-6-10-21)27(31-24)20-7-3-1-4-8-20/h1-17H,18H2. The van der Waals surface area contributed by atoms with Crippen molar-refractivity contribution in [3.63, 3.8) is 0 Å². The number of fused-ring (bicyclic) bond motifs is 1. The summed E-state index contributed by atoms with van der Waals surface area (Å²) in [5, 5.41) is 0.529. The van der Waals surface area contributed by atoms with Crippen LogP contribution >= 0.6 is 11.6 Å². The van der Waals surface area contributed by atoms with Crippen molar-refractivity contribution in [3.8, 4) is 22.5 Å². The maximum Gasteiger partial charge on any atom is 0.338 e. The molecule has 0 aliphatic heterocycles. The summed E-state index contributed by atoms with van der Waals surface area (Å²) >= 11 is 5.86. The number of nitrogens with zero attached hydrogens (tertiary/aromatic N) is 2. The summed E-state index contributed by atoms with van der Waals surface area (Å²) in [6.07, 6.45) is 0. The molecular formula is C29H19ClN2O3. The number of halogens is 1. The van der Waals surface area contributed by atoms with Gasteiger partial charge in [0.05, 0.1) is 28.0 Å². The van der Waals surface area contributed by atoms with Crippen LogP contribution in [0.15, 0.2) is 103 Å². The van der Waals surface area contributed by atoms with E-state index in [0.717, 1.165) is 16.8 Å². The summed E-state index contributed by atoms with van der Waals surface area (Å²) < 4.78 is 5.26. The van der Waals surface area contributed by atoms with Crippen molar-refractivity contribution in [2.24, 2.45) is 0 Å². The Hall–Kier alpha value is -4.35. The largest absolute Gasteiger partial charge is 0.454 e. The van der Waals surface area contributed by atoms with E-state index < -0.39 is 5.97 Å². The Bertz CT molecular complexity index is 1520. The number of aromatic nitrogens is 2. The number of rotatable bonds is 6. The molecule has 0 atom stereocenters. The molecule has 5 rings (SSSR count). The minimum atomic E-state index is -0.607. The third-order valence-corrected chi connectivity index (χ3v) is 5.75. The van der Waals surface area contributed by atoms with E-state index >= 15 is 0 Å². The number of Topliss-reactive ketones (excluding diaryl/α,β-unsaturated/α-hetero) is 1. The second kappa shape index (κ2) is 9.87. The van der Waals surface area contributed by atoms with Crippen LogP contribution in [-0.4, -0.2) is 28.3 Å². The minimum absolute atomic E-state index is 0.294. The van der Waals surface area contributed by atoms with Gasteiger partial charge in [0.1, 0.15) is 0 Å². The highest BCUT2D eigenvalue weighted by Crippen LogP contribution is 2.31. The molecule has 170 valence electrons. The van der Waals surface area contributed by atoms with E-state index in [9.17, 15) is 9.59 Å². The third-order valence-electron chi connectivity index (χ3n) is 5.49. The Morgan fingerprint density at radius 2 is 1.20 bits per heavy atom. The molecule has 0 aliphatic carbocycles. The van der Waals surface area contributed by atoms with Gasteiger partial charge in [-0.25, -0.2) is 14.8 Å². The molecule has 35 heavy (non-hydrogen) atoms. The zero-order chi connectivity index (χ0) is 24.2. The summed E-state index contributed by atoms with van der Waals surface area (Å²) in [4.78, 5) is 34.7. The van der Waals surface area contributed by atoms with Crippen molar-refractivity contribution in [3.05, 3.63) is 119 Å². The molecular weight excluding hydrogens is 460 g/mol. The topological polar surface area (TPSA) is 69.2 Å². The Morgan fingerprint density at radius 3 is 1.80 bits per heavy atom. The molecule has 0 aliphatic rings. The third kappa shape index (κ3) is 4.95. The zero-order valence-electron chi connectivity index (χ0n) is 18.5. The molecule has 0 N–H and O–H groups in total. The van der Waals surface area contributed by atoms with Crippen molar-refractivity contribution in [1.82, 2.24) is 9.97 Å². The van der Waals surface area contributed by atoms with Crippen LogP contribution in [0.2, 0.25) is 5.02 Å². The fourth-order valence-electron chi connectivity index (χ4n) is 3.71. The van der Waals surface area contributed by atoms with Gasteiger partial charge in [0.15, 0.2) is 12.4 Å². The van der Waals surface area contributed by atoms with Gasteiger partial charge in [0.25, 0.3) is 0 Å². The normalized spacial score (nSPS) is 10.8. The molecule has 0 spiro atoms. The molecule has 0 radical (unpaired) electrons. The number of carbonyl (C=O) groups is 2. The Morgan fingerprint density at radius 1 is 0.657 bits per heavy atom. The highest BCUT2D eigenvalue weighted by atomic mass is 35.5. The van der Waals surface area contributed by atoms with Crippen LogP contribution < -0.4 is 0 Å². The van der Waals surface area contributed by atoms with Crippen LogP contribution in [0.3, 0.4) is 0 Å². The predicted molar refractivity (Wildman–Crippen MR) is 136 cm³/mol.